The summed E-state index contributed by atoms with van der Waals surface area (Å²) < 4.78 is 79.4. The number of rotatable bonds is 9. The van der Waals surface area contributed by atoms with Crippen molar-refractivity contribution in [2.45, 2.75) is 51.0 Å². The summed E-state index contributed by atoms with van der Waals surface area (Å²) in [6.45, 7) is 11.0. The predicted molar refractivity (Wildman–Crippen MR) is 138 cm³/mol. The van der Waals surface area contributed by atoms with Crippen LogP contribution in [0.1, 0.15) is 6.92 Å². The first-order chi connectivity index (χ1) is 17.7. The van der Waals surface area contributed by atoms with Crippen molar-refractivity contribution < 1.29 is 35.2 Å². The summed E-state index contributed by atoms with van der Waals surface area (Å²) in [4.78, 5) is 10.8. The van der Waals surface area contributed by atoms with Crippen molar-refractivity contribution in [1.29, 1.82) is 0 Å². The van der Waals surface area contributed by atoms with Gasteiger partial charge in [0.25, 0.3) is 0 Å². The van der Waals surface area contributed by atoms with E-state index in [2.05, 4.69) is 43.8 Å². The van der Waals surface area contributed by atoms with E-state index in [1.54, 1.807) is 10.7 Å². The molecular formula is C23H30F3N5O5SSi. The van der Waals surface area contributed by atoms with Gasteiger partial charge in [-0.05, 0) is 31.2 Å². The van der Waals surface area contributed by atoms with E-state index in [4.69, 9.17) is 9.47 Å². The van der Waals surface area contributed by atoms with Crippen LogP contribution in [0.25, 0.3) is 22.3 Å². The second-order valence-corrected chi connectivity index (χ2v) is 17.4. The van der Waals surface area contributed by atoms with Crippen LogP contribution in [0, 0.1) is 0 Å². The molecule has 0 aliphatic carbocycles. The van der Waals surface area contributed by atoms with Crippen LogP contribution < -0.4 is 9.08 Å². The third-order valence-corrected chi connectivity index (χ3v) is 8.55. The van der Waals surface area contributed by atoms with E-state index in [1.165, 1.54) is 18.5 Å². The van der Waals surface area contributed by atoms with Gasteiger partial charge in [-0.25, -0.2) is 14.6 Å². The van der Waals surface area contributed by atoms with E-state index in [-0.39, 0.29) is 12.8 Å². The summed E-state index contributed by atoms with van der Waals surface area (Å²) in [5.74, 6) is 0.157. The van der Waals surface area contributed by atoms with Gasteiger partial charge in [-0.15, -0.1) is 0 Å². The topological polar surface area (TPSA) is 109 Å². The summed E-state index contributed by atoms with van der Waals surface area (Å²) in [7, 11) is -7.18. The molecule has 38 heavy (non-hydrogen) atoms. The van der Waals surface area contributed by atoms with Crippen molar-refractivity contribution in [2.75, 3.05) is 31.2 Å². The number of halogens is 3. The molecule has 1 aliphatic heterocycles. The first-order valence-corrected chi connectivity index (χ1v) is 17.1. The maximum atomic E-state index is 12.9. The Kier molecular flexibility index (Phi) is 8.02. The molecule has 15 heteroatoms. The zero-order valence-electron chi connectivity index (χ0n) is 21.5. The molecule has 1 saturated heterocycles. The minimum Gasteiger partial charge on any atom is -0.376 e. The van der Waals surface area contributed by atoms with E-state index in [9.17, 15) is 21.6 Å². The summed E-state index contributed by atoms with van der Waals surface area (Å²) in [6, 6.07) is 6.41. The monoisotopic (exact) mass is 573 g/mol. The summed E-state index contributed by atoms with van der Waals surface area (Å²) in [5, 5.41) is 4.90. The average Bonchev–Trinajstić information content (AvgIpc) is 3.18. The molecule has 4 rings (SSSR count). The van der Waals surface area contributed by atoms with Crippen LogP contribution in [0.2, 0.25) is 25.7 Å². The number of aromatic nitrogens is 4. The van der Waals surface area contributed by atoms with Gasteiger partial charge in [0.05, 0.1) is 29.6 Å². The molecule has 3 heterocycles. The Hall–Kier alpha value is -2.75. The van der Waals surface area contributed by atoms with Crippen LogP contribution in [0.4, 0.5) is 19.0 Å². The van der Waals surface area contributed by atoms with Crippen LogP contribution in [-0.2, 0) is 26.3 Å². The van der Waals surface area contributed by atoms with Crippen molar-refractivity contribution in [2.24, 2.45) is 0 Å². The molecule has 0 radical (unpaired) electrons. The van der Waals surface area contributed by atoms with Gasteiger partial charge in [0.1, 0.15) is 24.6 Å². The van der Waals surface area contributed by atoms with Crippen LogP contribution >= 0.6 is 0 Å². The normalized spacial score (nSPS) is 17.2. The van der Waals surface area contributed by atoms with Crippen molar-refractivity contribution in [3.05, 3.63) is 30.6 Å². The first-order valence-electron chi connectivity index (χ1n) is 12.0. The SMILES string of the molecule is C[C@@H]1CN(c2cc(-c3c4cc(OS(=O)(=O)C(F)(F)F)ccc4nn3COCC[Si](C)(C)C)ncn2)CCO1. The van der Waals surface area contributed by atoms with E-state index < -0.39 is 29.4 Å². The zero-order chi connectivity index (χ0) is 27.7. The fourth-order valence-corrected chi connectivity index (χ4v) is 5.11. The lowest BCUT2D eigenvalue weighted by Gasteiger charge is -2.32. The highest BCUT2D eigenvalue weighted by Crippen LogP contribution is 2.34. The molecule has 0 N–H and O–H groups in total. The third-order valence-electron chi connectivity index (χ3n) is 5.87. The summed E-state index contributed by atoms with van der Waals surface area (Å²) in [5.41, 5.74) is -4.27. The Labute approximate surface area is 219 Å². The highest BCUT2D eigenvalue weighted by molar-refractivity contribution is 7.88. The Morgan fingerprint density at radius 3 is 2.63 bits per heavy atom. The molecule has 0 unspecified atom stereocenters. The molecule has 3 aromatic rings. The molecular weight excluding hydrogens is 543 g/mol. The van der Waals surface area contributed by atoms with Gasteiger partial charge < -0.3 is 18.6 Å². The Morgan fingerprint density at radius 2 is 1.95 bits per heavy atom. The van der Waals surface area contributed by atoms with Gasteiger partial charge in [0.2, 0.25) is 0 Å². The highest BCUT2D eigenvalue weighted by atomic mass is 32.2. The molecule has 1 atom stereocenters. The van der Waals surface area contributed by atoms with E-state index in [0.29, 0.717) is 54.4 Å². The molecule has 2 aromatic heterocycles. The minimum absolute atomic E-state index is 0.0172. The molecule has 0 bridgehead atoms. The van der Waals surface area contributed by atoms with Crippen molar-refractivity contribution >= 4 is 34.9 Å². The molecule has 0 spiro atoms. The van der Waals surface area contributed by atoms with Crippen molar-refractivity contribution in [3.63, 3.8) is 0 Å². The Balaban J connectivity index is 1.74. The fraction of sp³-hybridized carbons (Fsp3) is 0.522. The second-order valence-electron chi connectivity index (χ2n) is 10.2. The van der Waals surface area contributed by atoms with Gasteiger partial charge in [-0.3, -0.25) is 0 Å². The average molecular weight is 574 g/mol. The van der Waals surface area contributed by atoms with Gasteiger partial charge in [0.15, 0.2) is 0 Å². The van der Waals surface area contributed by atoms with Crippen LogP contribution in [0.15, 0.2) is 30.6 Å². The second kappa shape index (κ2) is 10.8. The number of morpholine rings is 1. The Bertz CT molecular complexity index is 1390. The molecule has 1 aromatic carbocycles. The third kappa shape index (κ3) is 6.62. The predicted octanol–water partition coefficient (Wildman–Crippen LogP) is 4.26. The lowest BCUT2D eigenvalue weighted by atomic mass is 10.1. The molecule has 0 saturated carbocycles. The van der Waals surface area contributed by atoms with E-state index in [1.807, 2.05) is 6.92 Å². The standard InChI is InChI=1S/C23H30F3N5O5SSi/c1-16-13-30(7-8-35-16)21-12-20(27-14-28-21)22-18-11-17(36-37(32,33)23(24,25)26)5-6-19(18)29-31(22)15-34-9-10-38(2,3)4/h5-6,11-12,14,16H,7-10,13,15H2,1-4H3/t16-/m1/s1. The van der Waals surface area contributed by atoms with Crippen molar-refractivity contribution in [3.8, 4) is 17.1 Å². The number of nitrogens with zero attached hydrogens (tertiary/aromatic N) is 5. The van der Waals surface area contributed by atoms with Crippen molar-refractivity contribution in [1.82, 2.24) is 19.7 Å². The first kappa shape index (κ1) is 28.3. The lowest BCUT2D eigenvalue weighted by Crippen LogP contribution is -2.41. The zero-order valence-corrected chi connectivity index (χ0v) is 23.3. The number of ether oxygens (including phenoxy) is 2. The summed E-state index contributed by atoms with van der Waals surface area (Å²) in [6.07, 6.45) is 1.41. The van der Waals surface area contributed by atoms with Crippen LogP contribution in [0.3, 0.4) is 0 Å². The number of hydrogen-bond acceptors (Lipinski definition) is 9. The lowest BCUT2D eigenvalue weighted by molar-refractivity contribution is -0.0500. The molecule has 1 fully saturated rings. The molecule has 208 valence electrons. The van der Waals surface area contributed by atoms with Gasteiger partial charge in [-0.1, -0.05) is 19.6 Å². The molecule has 0 amide bonds. The number of alkyl halides is 3. The Morgan fingerprint density at radius 1 is 1.18 bits per heavy atom. The van der Waals surface area contributed by atoms with Gasteiger partial charge >= 0.3 is 15.6 Å². The minimum atomic E-state index is -5.84. The molecule has 10 nitrogen and oxygen atoms in total. The number of benzene rings is 1. The van der Waals surface area contributed by atoms with E-state index in [0.717, 1.165) is 12.1 Å². The largest absolute Gasteiger partial charge is 0.534 e. The number of anilines is 1. The number of fused-ring (bicyclic) bond motifs is 1. The van der Waals surface area contributed by atoms with Gasteiger partial charge in [0, 0.05) is 39.2 Å². The molecule has 1 aliphatic rings. The summed E-state index contributed by atoms with van der Waals surface area (Å²) >= 11 is 0. The van der Waals surface area contributed by atoms with Crippen LogP contribution in [-0.4, -0.2) is 74.2 Å². The maximum Gasteiger partial charge on any atom is 0.534 e. The smallest absolute Gasteiger partial charge is 0.376 e. The number of hydrogen-bond donors (Lipinski definition) is 0. The maximum absolute atomic E-state index is 12.9. The van der Waals surface area contributed by atoms with Crippen LogP contribution in [0.5, 0.6) is 5.75 Å². The fourth-order valence-electron chi connectivity index (χ4n) is 3.91. The quantitative estimate of drug-likeness (QED) is 0.161. The van der Waals surface area contributed by atoms with E-state index >= 15 is 0 Å². The van der Waals surface area contributed by atoms with Gasteiger partial charge in [-0.2, -0.15) is 26.7 Å². The highest BCUT2D eigenvalue weighted by Gasteiger charge is 2.48.